The molecule has 1 aliphatic heterocycles. The molecule has 1 N–H and O–H groups in total. The summed E-state index contributed by atoms with van der Waals surface area (Å²) in [6.07, 6.45) is 4.73. The van der Waals surface area contributed by atoms with Crippen LogP contribution in [0.2, 0.25) is 0 Å². The molecule has 7 nitrogen and oxygen atoms in total. The van der Waals surface area contributed by atoms with Crippen LogP contribution in [-0.4, -0.2) is 28.5 Å². The smallest absolute Gasteiger partial charge is 0.251 e. The van der Waals surface area contributed by atoms with Crippen LogP contribution in [0.5, 0.6) is 17.2 Å². The Bertz CT molecular complexity index is 1250. The standard InChI is InChI=1S/C26H25N3O4/c1-18(19-9-10-23-24(15-19)32-13-5-12-31-23)27-26(30)20-6-4-7-22(14-20)33-17-21-16-29-11-3-2-8-25(29)28-21/h2-4,6-11,14-16,18H,5,12-13,17H2,1H3,(H,27,30). The van der Waals surface area contributed by atoms with Gasteiger partial charge in [-0.15, -0.1) is 0 Å². The van der Waals surface area contributed by atoms with Crippen molar-refractivity contribution in [3.8, 4) is 17.2 Å². The van der Waals surface area contributed by atoms with Gasteiger partial charge in [0.1, 0.15) is 18.0 Å². The number of nitrogens with zero attached hydrogens (tertiary/aromatic N) is 2. The summed E-state index contributed by atoms with van der Waals surface area (Å²) in [5.74, 6) is 1.90. The summed E-state index contributed by atoms with van der Waals surface area (Å²) in [7, 11) is 0. The topological polar surface area (TPSA) is 74.1 Å². The maximum Gasteiger partial charge on any atom is 0.251 e. The molecule has 0 fully saturated rings. The molecule has 2 aromatic heterocycles. The zero-order chi connectivity index (χ0) is 22.6. The third-order valence-electron chi connectivity index (χ3n) is 5.52. The Morgan fingerprint density at radius 3 is 2.85 bits per heavy atom. The number of carbonyl (C=O) groups excluding carboxylic acids is 1. The molecule has 0 aliphatic carbocycles. The maximum atomic E-state index is 12.9. The van der Waals surface area contributed by atoms with Crippen LogP contribution in [0, 0.1) is 0 Å². The van der Waals surface area contributed by atoms with Gasteiger partial charge in [0.25, 0.3) is 5.91 Å². The van der Waals surface area contributed by atoms with Gasteiger partial charge < -0.3 is 23.9 Å². The minimum atomic E-state index is -0.197. The molecular weight excluding hydrogens is 418 g/mol. The number of rotatable bonds is 6. The Morgan fingerprint density at radius 2 is 1.97 bits per heavy atom. The lowest BCUT2D eigenvalue weighted by molar-refractivity contribution is 0.0939. The van der Waals surface area contributed by atoms with Gasteiger partial charge in [-0.05, 0) is 55.0 Å². The van der Waals surface area contributed by atoms with Gasteiger partial charge in [-0.2, -0.15) is 0 Å². The third kappa shape index (κ3) is 4.77. The number of aromatic nitrogens is 2. The highest BCUT2D eigenvalue weighted by atomic mass is 16.5. The first-order chi connectivity index (χ1) is 16.2. The number of hydrogen-bond donors (Lipinski definition) is 1. The maximum absolute atomic E-state index is 12.9. The summed E-state index contributed by atoms with van der Waals surface area (Å²) >= 11 is 0. The molecule has 168 valence electrons. The van der Waals surface area contributed by atoms with E-state index >= 15 is 0 Å². The summed E-state index contributed by atoms with van der Waals surface area (Å²) in [6.45, 7) is 3.54. The van der Waals surface area contributed by atoms with Crippen LogP contribution in [0.4, 0.5) is 0 Å². The molecule has 1 amide bonds. The number of pyridine rings is 1. The van der Waals surface area contributed by atoms with Crippen molar-refractivity contribution < 1.29 is 19.0 Å². The van der Waals surface area contributed by atoms with E-state index in [4.69, 9.17) is 14.2 Å². The highest BCUT2D eigenvalue weighted by molar-refractivity contribution is 5.94. The predicted octanol–water partition coefficient (Wildman–Crippen LogP) is 4.57. The molecule has 2 aromatic carbocycles. The Kier molecular flexibility index (Phi) is 5.85. The normalized spacial score (nSPS) is 13.8. The molecule has 0 saturated heterocycles. The molecule has 4 aromatic rings. The number of carbonyl (C=O) groups is 1. The second-order valence-electron chi connectivity index (χ2n) is 7.97. The van der Waals surface area contributed by atoms with Crippen molar-refractivity contribution in [3.05, 3.63) is 89.9 Å². The van der Waals surface area contributed by atoms with Gasteiger partial charge in [-0.3, -0.25) is 4.79 Å². The van der Waals surface area contributed by atoms with E-state index in [2.05, 4.69) is 10.3 Å². The van der Waals surface area contributed by atoms with Crippen molar-refractivity contribution in [2.75, 3.05) is 13.2 Å². The van der Waals surface area contributed by atoms with Gasteiger partial charge >= 0.3 is 0 Å². The number of imidazole rings is 1. The highest BCUT2D eigenvalue weighted by Crippen LogP contribution is 2.32. The number of ether oxygens (including phenoxy) is 3. The molecule has 5 rings (SSSR count). The Balaban J connectivity index is 1.23. The molecule has 3 heterocycles. The van der Waals surface area contributed by atoms with Gasteiger partial charge in [0, 0.05) is 24.4 Å². The van der Waals surface area contributed by atoms with Gasteiger partial charge in [-0.25, -0.2) is 4.98 Å². The first-order valence-corrected chi connectivity index (χ1v) is 11.0. The van der Waals surface area contributed by atoms with Gasteiger partial charge in [0.2, 0.25) is 0 Å². The lowest BCUT2D eigenvalue weighted by Gasteiger charge is -2.17. The first kappa shape index (κ1) is 20.9. The van der Waals surface area contributed by atoms with E-state index in [-0.39, 0.29) is 11.9 Å². The summed E-state index contributed by atoms with van der Waals surface area (Å²) in [4.78, 5) is 17.4. The molecule has 1 unspecified atom stereocenters. The number of benzene rings is 2. The fourth-order valence-corrected chi connectivity index (χ4v) is 3.75. The second-order valence-corrected chi connectivity index (χ2v) is 7.97. The molecular formula is C26H25N3O4. The molecule has 0 spiro atoms. The first-order valence-electron chi connectivity index (χ1n) is 11.0. The van der Waals surface area contributed by atoms with E-state index in [1.54, 1.807) is 12.1 Å². The molecule has 7 heteroatoms. The minimum Gasteiger partial charge on any atom is -0.490 e. The van der Waals surface area contributed by atoms with E-state index in [9.17, 15) is 4.79 Å². The van der Waals surface area contributed by atoms with Crippen molar-refractivity contribution in [1.82, 2.24) is 14.7 Å². The minimum absolute atomic E-state index is 0.173. The fourth-order valence-electron chi connectivity index (χ4n) is 3.75. The Hall–Kier alpha value is -4.00. The predicted molar refractivity (Wildman–Crippen MR) is 124 cm³/mol. The van der Waals surface area contributed by atoms with E-state index in [0.717, 1.165) is 29.1 Å². The monoisotopic (exact) mass is 443 g/mol. The molecule has 1 aliphatic rings. The highest BCUT2D eigenvalue weighted by Gasteiger charge is 2.16. The summed E-state index contributed by atoms with van der Waals surface area (Å²) in [6, 6.07) is 18.6. The number of nitrogens with one attached hydrogen (secondary N) is 1. The number of fused-ring (bicyclic) bond motifs is 2. The van der Waals surface area contributed by atoms with Crippen molar-refractivity contribution >= 4 is 11.6 Å². The zero-order valence-corrected chi connectivity index (χ0v) is 18.4. The average Bonchev–Trinajstić information content (AvgIpc) is 3.11. The van der Waals surface area contributed by atoms with Crippen LogP contribution in [-0.2, 0) is 6.61 Å². The van der Waals surface area contributed by atoms with Crippen molar-refractivity contribution in [2.45, 2.75) is 26.0 Å². The summed E-state index contributed by atoms with van der Waals surface area (Å²) in [5, 5.41) is 3.05. The second kappa shape index (κ2) is 9.24. The van der Waals surface area contributed by atoms with Crippen LogP contribution in [0.15, 0.2) is 73.1 Å². The summed E-state index contributed by atoms with van der Waals surface area (Å²) < 4.78 is 19.3. The van der Waals surface area contributed by atoms with Gasteiger partial charge in [0.05, 0.1) is 24.9 Å². The number of amides is 1. The zero-order valence-electron chi connectivity index (χ0n) is 18.4. The Morgan fingerprint density at radius 1 is 1.09 bits per heavy atom. The number of hydrogen-bond acceptors (Lipinski definition) is 5. The van der Waals surface area contributed by atoms with Crippen LogP contribution in [0.3, 0.4) is 0 Å². The molecule has 0 bridgehead atoms. The van der Waals surface area contributed by atoms with E-state index < -0.39 is 0 Å². The van der Waals surface area contributed by atoms with E-state index in [1.165, 1.54) is 0 Å². The average molecular weight is 444 g/mol. The van der Waals surface area contributed by atoms with Crippen LogP contribution in [0.1, 0.15) is 41.0 Å². The molecule has 33 heavy (non-hydrogen) atoms. The van der Waals surface area contributed by atoms with Gasteiger partial charge in [0.15, 0.2) is 11.5 Å². The van der Waals surface area contributed by atoms with Gasteiger partial charge in [-0.1, -0.05) is 18.2 Å². The fraction of sp³-hybridized carbons (Fsp3) is 0.231. The molecule has 1 atom stereocenters. The van der Waals surface area contributed by atoms with Crippen molar-refractivity contribution in [1.29, 1.82) is 0 Å². The SMILES string of the molecule is CC(NC(=O)c1cccc(OCc2cn3ccccc3n2)c1)c1ccc2c(c1)OCCCO2. The molecule has 0 saturated carbocycles. The van der Waals surface area contributed by atoms with Crippen molar-refractivity contribution in [3.63, 3.8) is 0 Å². The quantitative estimate of drug-likeness (QED) is 0.473. The van der Waals surface area contributed by atoms with Crippen LogP contribution < -0.4 is 19.5 Å². The van der Waals surface area contributed by atoms with Crippen LogP contribution >= 0.6 is 0 Å². The largest absolute Gasteiger partial charge is 0.490 e. The van der Waals surface area contributed by atoms with E-state index in [1.807, 2.05) is 72.2 Å². The van der Waals surface area contributed by atoms with Crippen LogP contribution in [0.25, 0.3) is 5.65 Å². The molecule has 0 radical (unpaired) electrons. The van der Waals surface area contributed by atoms with Crippen molar-refractivity contribution in [2.24, 2.45) is 0 Å². The summed E-state index contributed by atoms with van der Waals surface area (Å²) in [5.41, 5.74) is 3.17. The Labute approximate surface area is 191 Å². The third-order valence-corrected chi connectivity index (χ3v) is 5.52. The lowest BCUT2D eigenvalue weighted by atomic mass is 10.1. The lowest BCUT2D eigenvalue weighted by Crippen LogP contribution is -2.26. The van der Waals surface area contributed by atoms with E-state index in [0.29, 0.717) is 36.9 Å².